The fourth-order valence-electron chi connectivity index (χ4n) is 0.877. The monoisotopic (exact) mass is 304 g/mol. The van der Waals surface area contributed by atoms with Gasteiger partial charge >= 0.3 is 6.18 Å². The van der Waals surface area contributed by atoms with Gasteiger partial charge in [0.2, 0.25) is 0 Å². The Balaban J connectivity index is 3.38. The van der Waals surface area contributed by atoms with Crippen LogP contribution in [0.4, 0.5) is 17.6 Å². The van der Waals surface area contributed by atoms with E-state index in [9.17, 15) is 22.4 Å². The van der Waals surface area contributed by atoms with Crippen molar-refractivity contribution in [2.45, 2.75) is 6.18 Å². The summed E-state index contributed by atoms with van der Waals surface area (Å²) in [7, 11) is 0. The Bertz CT molecular complexity index is 416. The molecule has 0 aliphatic heterocycles. The molecule has 0 fully saturated rings. The van der Waals surface area contributed by atoms with Gasteiger partial charge in [-0.25, -0.2) is 4.39 Å². The SMILES string of the molecule is O=C(c1c(Br)ccc(Cl)c1F)C(F)(F)F. The molecule has 0 atom stereocenters. The predicted octanol–water partition coefficient (Wildman–Crippen LogP) is 3.99. The predicted molar refractivity (Wildman–Crippen MR) is 49.5 cm³/mol. The molecule has 0 aliphatic rings. The highest BCUT2D eigenvalue weighted by molar-refractivity contribution is 9.10. The van der Waals surface area contributed by atoms with Gasteiger partial charge in [0.25, 0.3) is 5.78 Å². The average molecular weight is 305 g/mol. The normalized spacial score (nSPS) is 11.6. The number of ketones is 1. The summed E-state index contributed by atoms with van der Waals surface area (Å²) >= 11 is 7.92. The molecule has 0 unspecified atom stereocenters. The largest absolute Gasteiger partial charge is 0.455 e. The average Bonchev–Trinajstić information content (AvgIpc) is 2.10. The minimum absolute atomic E-state index is 0.285. The molecule has 0 radical (unpaired) electrons. The van der Waals surface area contributed by atoms with Crippen LogP contribution in [0, 0.1) is 5.82 Å². The van der Waals surface area contributed by atoms with Crippen LogP contribution in [0.25, 0.3) is 0 Å². The summed E-state index contributed by atoms with van der Waals surface area (Å²) in [6.45, 7) is 0. The number of alkyl halides is 3. The molecule has 15 heavy (non-hydrogen) atoms. The van der Waals surface area contributed by atoms with Crippen LogP contribution in [-0.2, 0) is 0 Å². The van der Waals surface area contributed by atoms with Crippen molar-refractivity contribution in [1.29, 1.82) is 0 Å². The standard InChI is InChI=1S/C8H2BrClF4O/c9-3-1-2-4(10)6(11)5(3)7(15)8(12,13)14/h1-2H. The molecule has 0 spiro atoms. The molecule has 0 bridgehead atoms. The molecule has 0 aliphatic carbocycles. The molecule has 1 aromatic rings. The van der Waals surface area contributed by atoms with E-state index < -0.39 is 28.4 Å². The summed E-state index contributed by atoms with van der Waals surface area (Å²) in [5.41, 5.74) is -1.10. The molecule has 0 amide bonds. The highest BCUT2D eigenvalue weighted by Crippen LogP contribution is 2.31. The number of benzene rings is 1. The van der Waals surface area contributed by atoms with E-state index in [1.54, 1.807) is 0 Å². The maximum Gasteiger partial charge on any atom is 0.455 e. The van der Waals surface area contributed by atoms with Crippen LogP contribution in [0.5, 0.6) is 0 Å². The second-order valence-electron chi connectivity index (χ2n) is 2.55. The lowest BCUT2D eigenvalue weighted by Crippen LogP contribution is -2.24. The molecular formula is C8H2BrClF4O. The van der Waals surface area contributed by atoms with Gasteiger partial charge in [-0.1, -0.05) is 11.6 Å². The van der Waals surface area contributed by atoms with E-state index in [4.69, 9.17) is 11.6 Å². The number of carbonyl (C=O) groups excluding carboxylic acids is 1. The molecular weight excluding hydrogens is 303 g/mol. The van der Waals surface area contributed by atoms with E-state index in [-0.39, 0.29) is 4.47 Å². The molecule has 0 heterocycles. The van der Waals surface area contributed by atoms with Gasteiger partial charge in [0, 0.05) is 4.47 Å². The van der Waals surface area contributed by atoms with Crippen molar-refractivity contribution >= 4 is 33.3 Å². The minimum atomic E-state index is -5.13. The lowest BCUT2D eigenvalue weighted by molar-refractivity contribution is -0.0888. The highest BCUT2D eigenvalue weighted by Gasteiger charge is 2.42. The first kappa shape index (κ1) is 12.4. The highest BCUT2D eigenvalue weighted by atomic mass is 79.9. The van der Waals surface area contributed by atoms with Crippen LogP contribution in [0.1, 0.15) is 10.4 Å². The van der Waals surface area contributed by atoms with Gasteiger partial charge in [-0.15, -0.1) is 0 Å². The fraction of sp³-hybridized carbons (Fsp3) is 0.125. The Morgan fingerprint density at radius 1 is 1.33 bits per heavy atom. The third-order valence-corrected chi connectivity index (χ3v) is 2.48. The third-order valence-electron chi connectivity index (χ3n) is 1.53. The Hall–Kier alpha value is -0.620. The van der Waals surface area contributed by atoms with Crippen LogP contribution in [0.15, 0.2) is 16.6 Å². The number of carbonyl (C=O) groups is 1. The molecule has 7 heteroatoms. The lowest BCUT2D eigenvalue weighted by atomic mass is 10.1. The second kappa shape index (κ2) is 4.09. The van der Waals surface area contributed by atoms with Crippen LogP contribution >= 0.6 is 27.5 Å². The van der Waals surface area contributed by atoms with Crippen LogP contribution < -0.4 is 0 Å². The van der Waals surface area contributed by atoms with Crippen molar-refractivity contribution in [2.24, 2.45) is 0 Å². The molecule has 0 saturated carbocycles. The van der Waals surface area contributed by atoms with Crippen molar-refractivity contribution < 1.29 is 22.4 Å². The minimum Gasteiger partial charge on any atom is -0.284 e. The quantitative estimate of drug-likeness (QED) is 0.436. The van der Waals surface area contributed by atoms with Crippen molar-refractivity contribution in [1.82, 2.24) is 0 Å². The summed E-state index contributed by atoms with van der Waals surface area (Å²) in [5.74, 6) is -3.65. The number of halogens is 6. The Morgan fingerprint density at radius 2 is 1.87 bits per heavy atom. The summed E-state index contributed by atoms with van der Waals surface area (Å²) in [4.78, 5) is 10.8. The molecule has 0 saturated heterocycles. The van der Waals surface area contributed by atoms with Gasteiger partial charge in [-0.3, -0.25) is 4.79 Å². The molecule has 0 aromatic heterocycles. The summed E-state index contributed by atoms with van der Waals surface area (Å²) < 4.78 is 49.0. The zero-order valence-electron chi connectivity index (χ0n) is 6.83. The number of Topliss-reactive ketones (excluding diaryl/α,β-unsaturated/α-hetero) is 1. The van der Waals surface area contributed by atoms with Gasteiger partial charge in [-0.05, 0) is 28.1 Å². The zero-order valence-corrected chi connectivity index (χ0v) is 9.17. The van der Waals surface area contributed by atoms with Crippen molar-refractivity contribution in [3.8, 4) is 0 Å². The topological polar surface area (TPSA) is 17.1 Å². The van der Waals surface area contributed by atoms with Crippen molar-refractivity contribution in [2.75, 3.05) is 0 Å². The Labute approximate surface area is 95.2 Å². The van der Waals surface area contributed by atoms with E-state index in [0.29, 0.717) is 0 Å². The molecule has 0 N–H and O–H groups in total. The lowest BCUT2D eigenvalue weighted by Gasteiger charge is -2.08. The Morgan fingerprint density at radius 3 is 2.33 bits per heavy atom. The summed E-state index contributed by atoms with van der Waals surface area (Å²) in [5, 5.41) is -0.536. The van der Waals surface area contributed by atoms with Crippen molar-refractivity contribution in [3.05, 3.63) is 33.0 Å². The van der Waals surface area contributed by atoms with Crippen molar-refractivity contribution in [3.63, 3.8) is 0 Å². The molecule has 1 aromatic carbocycles. The first-order valence-corrected chi connectivity index (χ1v) is 4.67. The van der Waals surface area contributed by atoms with E-state index in [1.165, 1.54) is 0 Å². The van der Waals surface area contributed by atoms with Crippen LogP contribution in [0.2, 0.25) is 5.02 Å². The Kier molecular flexibility index (Phi) is 3.40. The molecule has 1 nitrogen and oxygen atoms in total. The smallest absolute Gasteiger partial charge is 0.284 e. The van der Waals surface area contributed by atoms with E-state index in [0.717, 1.165) is 12.1 Å². The molecule has 82 valence electrons. The van der Waals surface area contributed by atoms with Gasteiger partial charge < -0.3 is 0 Å². The number of hydrogen-bond donors (Lipinski definition) is 0. The fourth-order valence-corrected chi connectivity index (χ4v) is 1.52. The third kappa shape index (κ3) is 2.49. The maximum absolute atomic E-state index is 13.2. The van der Waals surface area contributed by atoms with Gasteiger partial charge in [0.05, 0.1) is 10.6 Å². The number of rotatable bonds is 1. The van der Waals surface area contributed by atoms with Gasteiger partial charge in [-0.2, -0.15) is 13.2 Å². The van der Waals surface area contributed by atoms with Gasteiger partial charge in [0.1, 0.15) is 0 Å². The van der Waals surface area contributed by atoms with E-state index in [2.05, 4.69) is 15.9 Å². The maximum atomic E-state index is 13.2. The first-order chi connectivity index (χ1) is 6.75. The summed E-state index contributed by atoms with van der Waals surface area (Å²) in [6, 6.07) is 2.12. The van der Waals surface area contributed by atoms with Crippen LogP contribution in [-0.4, -0.2) is 12.0 Å². The second-order valence-corrected chi connectivity index (χ2v) is 3.81. The van der Waals surface area contributed by atoms with E-state index in [1.807, 2.05) is 0 Å². The van der Waals surface area contributed by atoms with Crippen LogP contribution in [0.3, 0.4) is 0 Å². The zero-order chi connectivity index (χ0) is 11.8. The summed E-state index contributed by atoms with van der Waals surface area (Å²) in [6.07, 6.45) is -5.13. The van der Waals surface area contributed by atoms with Gasteiger partial charge in [0.15, 0.2) is 5.82 Å². The first-order valence-electron chi connectivity index (χ1n) is 3.50. The molecule has 1 rings (SSSR count). The number of hydrogen-bond acceptors (Lipinski definition) is 1. The van der Waals surface area contributed by atoms with E-state index >= 15 is 0 Å².